The first-order chi connectivity index (χ1) is 6.18. The van der Waals surface area contributed by atoms with E-state index in [2.05, 4.69) is 13.0 Å². The molecule has 0 amide bonds. The molecule has 0 bridgehead atoms. The second-order valence-corrected chi connectivity index (χ2v) is 4.10. The van der Waals surface area contributed by atoms with Gasteiger partial charge in [0.1, 0.15) is 11.5 Å². The Labute approximate surface area is 79.1 Å². The Bertz CT molecular complexity index is 280. The van der Waals surface area contributed by atoms with Crippen molar-refractivity contribution in [3.63, 3.8) is 0 Å². The van der Waals surface area contributed by atoms with Crippen molar-refractivity contribution in [1.29, 1.82) is 0 Å². The summed E-state index contributed by atoms with van der Waals surface area (Å²) in [6.07, 6.45) is 3.86. The molecule has 1 aliphatic carbocycles. The number of nitrogens with two attached hydrogens (primary N) is 1. The van der Waals surface area contributed by atoms with E-state index >= 15 is 0 Å². The predicted molar refractivity (Wildman–Crippen MR) is 52.5 cm³/mol. The van der Waals surface area contributed by atoms with E-state index in [9.17, 15) is 0 Å². The maximum absolute atomic E-state index is 6.09. The molecule has 13 heavy (non-hydrogen) atoms. The van der Waals surface area contributed by atoms with Crippen LogP contribution in [0, 0.1) is 19.8 Å². The Hall–Kier alpha value is -0.760. The molecule has 1 fully saturated rings. The lowest BCUT2D eigenvalue weighted by atomic mass is 9.79. The van der Waals surface area contributed by atoms with Crippen molar-refractivity contribution < 1.29 is 4.42 Å². The molecule has 2 rings (SSSR count). The highest BCUT2D eigenvalue weighted by molar-refractivity contribution is 5.21. The van der Waals surface area contributed by atoms with Crippen LogP contribution in [0.2, 0.25) is 0 Å². The second-order valence-electron chi connectivity index (χ2n) is 4.10. The van der Waals surface area contributed by atoms with Crippen LogP contribution in [-0.2, 0) is 0 Å². The van der Waals surface area contributed by atoms with Gasteiger partial charge in [-0.05, 0) is 44.2 Å². The molecular weight excluding hydrogens is 162 g/mol. The molecule has 0 unspecified atom stereocenters. The second kappa shape index (κ2) is 3.18. The van der Waals surface area contributed by atoms with Gasteiger partial charge in [-0.2, -0.15) is 0 Å². The zero-order valence-corrected chi connectivity index (χ0v) is 8.34. The third kappa shape index (κ3) is 1.51. The molecule has 1 aromatic heterocycles. The highest BCUT2D eigenvalue weighted by Gasteiger charge is 2.27. The summed E-state index contributed by atoms with van der Waals surface area (Å²) in [5.74, 6) is 2.63. The predicted octanol–water partition coefficient (Wildman–Crippen LogP) is 2.70. The number of rotatable bonds is 2. The fourth-order valence-corrected chi connectivity index (χ4v) is 1.80. The molecule has 2 N–H and O–H groups in total. The molecule has 0 radical (unpaired) electrons. The molecule has 0 aromatic carbocycles. The normalized spacial score (nSPS) is 19.9. The molecule has 2 nitrogen and oxygen atoms in total. The fraction of sp³-hybridized carbons (Fsp3) is 0.636. The molecule has 72 valence electrons. The van der Waals surface area contributed by atoms with Gasteiger partial charge in [0.15, 0.2) is 0 Å². The summed E-state index contributed by atoms with van der Waals surface area (Å²) < 4.78 is 5.61. The van der Waals surface area contributed by atoms with Crippen molar-refractivity contribution >= 4 is 0 Å². The minimum atomic E-state index is 0.126. The van der Waals surface area contributed by atoms with Gasteiger partial charge in [0.25, 0.3) is 0 Å². The largest absolute Gasteiger partial charge is 0.464 e. The summed E-state index contributed by atoms with van der Waals surface area (Å²) in [4.78, 5) is 0. The van der Waals surface area contributed by atoms with E-state index in [0.717, 1.165) is 11.5 Å². The molecular formula is C11H17NO. The molecule has 1 atom stereocenters. The Balaban J connectivity index is 2.14. The molecule has 1 aromatic rings. The molecule has 0 spiro atoms. The Morgan fingerprint density at radius 3 is 2.54 bits per heavy atom. The van der Waals surface area contributed by atoms with Crippen molar-refractivity contribution in [2.45, 2.75) is 39.2 Å². The van der Waals surface area contributed by atoms with E-state index < -0.39 is 0 Å². The van der Waals surface area contributed by atoms with Crippen LogP contribution in [0.15, 0.2) is 10.5 Å². The smallest absolute Gasteiger partial charge is 0.121 e. The molecule has 0 aliphatic heterocycles. The van der Waals surface area contributed by atoms with Crippen LogP contribution in [0.4, 0.5) is 0 Å². The Morgan fingerprint density at radius 1 is 1.46 bits per heavy atom. The van der Waals surface area contributed by atoms with Crippen molar-refractivity contribution in [3.05, 3.63) is 23.2 Å². The van der Waals surface area contributed by atoms with Crippen LogP contribution in [0.1, 0.15) is 42.4 Å². The number of hydrogen-bond donors (Lipinski definition) is 1. The molecule has 1 saturated carbocycles. The lowest BCUT2D eigenvalue weighted by Gasteiger charge is -2.29. The Kier molecular flexibility index (Phi) is 2.16. The van der Waals surface area contributed by atoms with Crippen molar-refractivity contribution in [1.82, 2.24) is 0 Å². The van der Waals surface area contributed by atoms with Gasteiger partial charge in [0.2, 0.25) is 0 Å². The minimum Gasteiger partial charge on any atom is -0.464 e. The van der Waals surface area contributed by atoms with Gasteiger partial charge >= 0.3 is 0 Å². The van der Waals surface area contributed by atoms with Crippen LogP contribution >= 0.6 is 0 Å². The summed E-state index contributed by atoms with van der Waals surface area (Å²) in [5.41, 5.74) is 7.30. The van der Waals surface area contributed by atoms with Gasteiger partial charge in [0.05, 0.1) is 6.04 Å². The monoisotopic (exact) mass is 179 g/mol. The van der Waals surface area contributed by atoms with E-state index in [1.54, 1.807) is 0 Å². The van der Waals surface area contributed by atoms with E-state index in [-0.39, 0.29) is 6.04 Å². The van der Waals surface area contributed by atoms with Crippen molar-refractivity contribution in [2.24, 2.45) is 11.7 Å². The SMILES string of the molecule is Cc1cc([C@@H](N)C2CCC2)oc1C. The summed E-state index contributed by atoms with van der Waals surface area (Å²) in [7, 11) is 0. The Morgan fingerprint density at radius 2 is 2.15 bits per heavy atom. The van der Waals surface area contributed by atoms with Gasteiger partial charge < -0.3 is 10.2 Å². The van der Waals surface area contributed by atoms with E-state index in [0.29, 0.717) is 5.92 Å². The lowest BCUT2D eigenvalue weighted by Crippen LogP contribution is -2.26. The average Bonchev–Trinajstić information content (AvgIpc) is 2.28. The number of hydrogen-bond acceptors (Lipinski definition) is 2. The molecule has 1 aliphatic rings. The first kappa shape index (κ1) is 8.82. The maximum Gasteiger partial charge on any atom is 0.121 e. The van der Waals surface area contributed by atoms with E-state index in [1.807, 2.05) is 6.92 Å². The van der Waals surface area contributed by atoms with Gasteiger partial charge in [-0.1, -0.05) is 6.42 Å². The number of aryl methyl sites for hydroxylation is 2. The van der Waals surface area contributed by atoms with Crippen LogP contribution < -0.4 is 5.73 Å². The van der Waals surface area contributed by atoms with E-state index in [1.165, 1.54) is 24.8 Å². The van der Waals surface area contributed by atoms with Crippen LogP contribution in [-0.4, -0.2) is 0 Å². The third-order valence-corrected chi connectivity index (χ3v) is 3.17. The highest BCUT2D eigenvalue weighted by Crippen LogP contribution is 2.37. The van der Waals surface area contributed by atoms with Gasteiger partial charge in [0, 0.05) is 0 Å². The van der Waals surface area contributed by atoms with Gasteiger partial charge in [-0.3, -0.25) is 0 Å². The first-order valence-electron chi connectivity index (χ1n) is 5.01. The van der Waals surface area contributed by atoms with Gasteiger partial charge in [-0.25, -0.2) is 0 Å². The summed E-state index contributed by atoms with van der Waals surface area (Å²) >= 11 is 0. The summed E-state index contributed by atoms with van der Waals surface area (Å²) in [5, 5.41) is 0. The molecule has 2 heteroatoms. The minimum absolute atomic E-state index is 0.126. The van der Waals surface area contributed by atoms with Crippen molar-refractivity contribution in [3.8, 4) is 0 Å². The average molecular weight is 179 g/mol. The fourth-order valence-electron chi connectivity index (χ4n) is 1.80. The van der Waals surface area contributed by atoms with Crippen LogP contribution in [0.3, 0.4) is 0 Å². The summed E-state index contributed by atoms with van der Waals surface area (Å²) in [6.45, 7) is 4.06. The van der Waals surface area contributed by atoms with Gasteiger partial charge in [-0.15, -0.1) is 0 Å². The number of furan rings is 1. The van der Waals surface area contributed by atoms with Crippen molar-refractivity contribution in [2.75, 3.05) is 0 Å². The third-order valence-electron chi connectivity index (χ3n) is 3.17. The molecule has 0 saturated heterocycles. The van der Waals surface area contributed by atoms with E-state index in [4.69, 9.17) is 10.2 Å². The van der Waals surface area contributed by atoms with Crippen LogP contribution in [0.25, 0.3) is 0 Å². The zero-order valence-electron chi connectivity index (χ0n) is 8.34. The topological polar surface area (TPSA) is 39.2 Å². The quantitative estimate of drug-likeness (QED) is 0.758. The maximum atomic E-state index is 6.09. The standard InChI is InChI=1S/C11H17NO/c1-7-6-10(13-8(7)2)11(12)9-4-3-5-9/h6,9,11H,3-5,12H2,1-2H3/t11-/m0/s1. The highest BCUT2D eigenvalue weighted by atomic mass is 16.3. The molecule has 1 heterocycles. The zero-order chi connectivity index (χ0) is 9.42. The first-order valence-corrected chi connectivity index (χ1v) is 5.01. The lowest BCUT2D eigenvalue weighted by molar-refractivity contribution is 0.239. The van der Waals surface area contributed by atoms with Crippen LogP contribution in [0.5, 0.6) is 0 Å². The summed E-state index contributed by atoms with van der Waals surface area (Å²) in [6, 6.07) is 2.21.